The second-order valence-electron chi connectivity index (χ2n) is 7.87. The highest BCUT2D eigenvalue weighted by atomic mass is 32.2. The zero-order chi connectivity index (χ0) is 24.5. The minimum atomic E-state index is -3.81. The van der Waals surface area contributed by atoms with Crippen LogP contribution >= 0.6 is 0 Å². The first-order valence-corrected chi connectivity index (χ1v) is 12.0. The summed E-state index contributed by atoms with van der Waals surface area (Å²) in [5, 5.41) is 2.63. The van der Waals surface area contributed by atoms with E-state index in [4.69, 9.17) is 9.47 Å². The molecule has 1 atom stereocenters. The number of hydrogen-bond donors (Lipinski definition) is 1. The summed E-state index contributed by atoms with van der Waals surface area (Å²) < 4.78 is 65.1. The standard InChI is InChI=1S/C22H23F2N3O6S/c1-32-20-5-3-16(34(30,31)26-6-8-33-9-7-26)12-18(20)25-22(29)14-10-21(28)27(13-14)19-4-2-15(23)11-17(19)24/h2-5,11-12,14H,6-10,13H2,1H3,(H,25,29). The summed E-state index contributed by atoms with van der Waals surface area (Å²) in [5.41, 5.74) is 0.0126. The molecule has 12 heteroatoms. The van der Waals surface area contributed by atoms with E-state index in [-0.39, 0.29) is 48.1 Å². The molecule has 0 radical (unpaired) electrons. The third-order valence-electron chi connectivity index (χ3n) is 5.73. The Balaban J connectivity index is 1.53. The Labute approximate surface area is 195 Å². The molecule has 2 saturated heterocycles. The molecule has 34 heavy (non-hydrogen) atoms. The number of ether oxygens (including phenoxy) is 2. The smallest absolute Gasteiger partial charge is 0.243 e. The molecule has 2 fully saturated rings. The molecule has 0 saturated carbocycles. The zero-order valence-electron chi connectivity index (χ0n) is 18.3. The molecule has 182 valence electrons. The van der Waals surface area contributed by atoms with Gasteiger partial charge in [0.1, 0.15) is 17.4 Å². The summed E-state index contributed by atoms with van der Waals surface area (Å²) in [6.07, 6.45) is -0.184. The van der Waals surface area contributed by atoms with Crippen molar-refractivity contribution in [1.82, 2.24) is 4.31 Å². The van der Waals surface area contributed by atoms with E-state index in [2.05, 4.69) is 5.32 Å². The van der Waals surface area contributed by atoms with Crippen LogP contribution in [0.1, 0.15) is 6.42 Å². The second kappa shape index (κ2) is 9.65. The average Bonchev–Trinajstić information content (AvgIpc) is 3.21. The van der Waals surface area contributed by atoms with E-state index in [1.807, 2.05) is 0 Å². The summed E-state index contributed by atoms with van der Waals surface area (Å²) >= 11 is 0. The number of anilines is 2. The molecule has 2 aliphatic rings. The van der Waals surface area contributed by atoms with Crippen LogP contribution in [-0.2, 0) is 24.3 Å². The van der Waals surface area contributed by atoms with Gasteiger partial charge in [-0.3, -0.25) is 9.59 Å². The number of halogens is 2. The van der Waals surface area contributed by atoms with Crippen LogP contribution in [0.5, 0.6) is 5.75 Å². The SMILES string of the molecule is COc1ccc(S(=O)(=O)N2CCOCC2)cc1NC(=O)C1CC(=O)N(c2ccc(F)cc2F)C1. The molecule has 2 aliphatic heterocycles. The Morgan fingerprint density at radius 2 is 1.88 bits per heavy atom. The van der Waals surface area contributed by atoms with Crippen molar-refractivity contribution >= 4 is 33.2 Å². The summed E-state index contributed by atoms with van der Waals surface area (Å²) in [6.45, 7) is 0.910. The molecular weight excluding hydrogens is 472 g/mol. The van der Waals surface area contributed by atoms with Gasteiger partial charge in [-0.2, -0.15) is 4.31 Å². The maximum Gasteiger partial charge on any atom is 0.243 e. The predicted molar refractivity (Wildman–Crippen MR) is 118 cm³/mol. The van der Waals surface area contributed by atoms with Gasteiger partial charge in [0.25, 0.3) is 0 Å². The van der Waals surface area contributed by atoms with Crippen LogP contribution in [0.15, 0.2) is 41.3 Å². The van der Waals surface area contributed by atoms with Crippen molar-refractivity contribution in [3.8, 4) is 5.75 Å². The predicted octanol–water partition coefficient (Wildman–Crippen LogP) is 1.99. The van der Waals surface area contributed by atoms with Crippen molar-refractivity contribution in [2.45, 2.75) is 11.3 Å². The maximum absolute atomic E-state index is 14.1. The lowest BCUT2D eigenvalue weighted by molar-refractivity contribution is -0.122. The Morgan fingerprint density at radius 1 is 1.15 bits per heavy atom. The van der Waals surface area contributed by atoms with E-state index < -0.39 is 39.4 Å². The van der Waals surface area contributed by atoms with E-state index in [1.54, 1.807) is 0 Å². The van der Waals surface area contributed by atoms with Gasteiger partial charge < -0.3 is 19.7 Å². The number of methoxy groups -OCH3 is 1. The second-order valence-corrected chi connectivity index (χ2v) is 9.81. The molecule has 2 heterocycles. The quantitative estimate of drug-likeness (QED) is 0.657. The average molecular weight is 496 g/mol. The molecule has 2 amide bonds. The molecule has 0 aliphatic carbocycles. The lowest BCUT2D eigenvalue weighted by Crippen LogP contribution is -2.40. The normalized spacial score (nSPS) is 19.3. The fourth-order valence-corrected chi connectivity index (χ4v) is 5.37. The third kappa shape index (κ3) is 4.74. The third-order valence-corrected chi connectivity index (χ3v) is 7.63. The Kier molecular flexibility index (Phi) is 6.82. The number of nitrogens with zero attached hydrogens (tertiary/aromatic N) is 2. The van der Waals surface area contributed by atoms with Gasteiger partial charge in [0, 0.05) is 32.1 Å². The van der Waals surface area contributed by atoms with E-state index in [1.165, 1.54) is 29.6 Å². The topological polar surface area (TPSA) is 105 Å². The van der Waals surface area contributed by atoms with Crippen LogP contribution in [0.4, 0.5) is 20.2 Å². The Hall–Kier alpha value is -3.09. The van der Waals surface area contributed by atoms with E-state index in [0.29, 0.717) is 19.3 Å². The van der Waals surface area contributed by atoms with Crippen molar-refractivity contribution in [2.75, 3.05) is 50.2 Å². The van der Waals surface area contributed by atoms with E-state index in [9.17, 15) is 26.8 Å². The van der Waals surface area contributed by atoms with Crippen LogP contribution in [-0.4, -0.2) is 64.5 Å². The highest BCUT2D eigenvalue weighted by molar-refractivity contribution is 7.89. The molecule has 1 unspecified atom stereocenters. The fraction of sp³-hybridized carbons (Fsp3) is 0.364. The Morgan fingerprint density at radius 3 is 2.56 bits per heavy atom. The van der Waals surface area contributed by atoms with Crippen molar-refractivity contribution in [1.29, 1.82) is 0 Å². The molecule has 9 nitrogen and oxygen atoms in total. The number of amides is 2. The number of rotatable bonds is 6. The fourth-order valence-electron chi connectivity index (χ4n) is 3.93. The number of sulfonamides is 1. The molecule has 0 bridgehead atoms. The van der Waals surface area contributed by atoms with Crippen molar-refractivity contribution < 1.29 is 36.3 Å². The molecular formula is C22H23F2N3O6S. The molecule has 2 aromatic carbocycles. The molecule has 4 rings (SSSR count). The van der Waals surface area contributed by atoms with Gasteiger partial charge in [-0.25, -0.2) is 17.2 Å². The monoisotopic (exact) mass is 495 g/mol. The first-order valence-electron chi connectivity index (χ1n) is 10.5. The largest absolute Gasteiger partial charge is 0.495 e. The van der Waals surface area contributed by atoms with Gasteiger partial charge in [0.05, 0.1) is 42.5 Å². The summed E-state index contributed by atoms with van der Waals surface area (Å²) in [6, 6.07) is 6.97. The first-order chi connectivity index (χ1) is 16.2. The van der Waals surface area contributed by atoms with Gasteiger partial charge in [0.15, 0.2) is 0 Å². The summed E-state index contributed by atoms with van der Waals surface area (Å²) in [4.78, 5) is 26.4. The van der Waals surface area contributed by atoms with Crippen LogP contribution in [0.25, 0.3) is 0 Å². The maximum atomic E-state index is 14.1. The lowest BCUT2D eigenvalue weighted by atomic mass is 10.1. The number of carbonyl (C=O) groups is 2. The van der Waals surface area contributed by atoms with Gasteiger partial charge in [-0.15, -0.1) is 0 Å². The summed E-state index contributed by atoms with van der Waals surface area (Å²) in [7, 11) is -2.44. The number of morpholine rings is 1. The van der Waals surface area contributed by atoms with Gasteiger partial charge in [-0.05, 0) is 30.3 Å². The molecule has 0 spiro atoms. The number of hydrogen-bond acceptors (Lipinski definition) is 6. The van der Waals surface area contributed by atoms with Crippen LogP contribution in [0.2, 0.25) is 0 Å². The van der Waals surface area contributed by atoms with Gasteiger partial charge in [-0.1, -0.05) is 0 Å². The zero-order valence-corrected chi connectivity index (χ0v) is 19.1. The van der Waals surface area contributed by atoms with Gasteiger partial charge >= 0.3 is 0 Å². The van der Waals surface area contributed by atoms with Crippen LogP contribution in [0, 0.1) is 17.6 Å². The van der Waals surface area contributed by atoms with E-state index in [0.717, 1.165) is 17.0 Å². The minimum absolute atomic E-state index is 0.0250. The number of carbonyl (C=O) groups excluding carboxylic acids is 2. The van der Waals surface area contributed by atoms with Gasteiger partial charge in [0.2, 0.25) is 21.8 Å². The van der Waals surface area contributed by atoms with Crippen molar-refractivity contribution in [3.05, 3.63) is 48.0 Å². The first kappa shape index (κ1) is 24.0. The highest BCUT2D eigenvalue weighted by Gasteiger charge is 2.37. The van der Waals surface area contributed by atoms with Crippen molar-refractivity contribution in [2.24, 2.45) is 5.92 Å². The minimum Gasteiger partial charge on any atom is -0.495 e. The van der Waals surface area contributed by atoms with Crippen LogP contribution < -0.4 is 15.0 Å². The van der Waals surface area contributed by atoms with E-state index >= 15 is 0 Å². The van der Waals surface area contributed by atoms with Crippen molar-refractivity contribution in [3.63, 3.8) is 0 Å². The van der Waals surface area contributed by atoms with Crippen LogP contribution in [0.3, 0.4) is 0 Å². The molecule has 0 aromatic heterocycles. The molecule has 2 aromatic rings. The summed E-state index contributed by atoms with van der Waals surface area (Å²) in [5.74, 6) is -3.32. The number of benzene rings is 2. The number of nitrogens with one attached hydrogen (secondary N) is 1. The Bertz CT molecular complexity index is 1220. The molecule has 1 N–H and O–H groups in total. The lowest BCUT2D eigenvalue weighted by Gasteiger charge is -2.26. The highest BCUT2D eigenvalue weighted by Crippen LogP contribution is 2.32.